The number of ether oxygens (including phenoxy) is 11. The topological polar surface area (TPSA) is 302 Å². The third-order valence-corrected chi connectivity index (χ3v) is 16.1. The van der Waals surface area contributed by atoms with Gasteiger partial charge in [0.1, 0.15) is 48.1 Å². The Morgan fingerprint density at radius 1 is 0.784 bits per heavy atom. The smallest absolute Gasteiger partial charge is 0.330 e. The van der Waals surface area contributed by atoms with Crippen LogP contribution in [0.5, 0.6) is 11.5 Å². The van der Waals surface area contributed by atoms with Gasteiger partial charge in [-0.05, 0) is 75.6 Å². The Labute approximate surface area is 512 Å². The Morgan fingerprint density at radius 2 is 1.38 bits per heavy atom. The fourth-order valence-electron chi connectivity index (χ4n) is 10.2. The van der Waals surface area contributed by atoms with Crippen LogP contribution in [0, 0.1) is 18.3 Å². The van der Waals surface area contributed by atoms with E-state index in [-0.39, 0.29) is 83.4 Å². The Bertz CT molecular complexity index is 3030. The summed E-state index contributed by atoms with van der Waals surface area (Å²) in [4.78, 5) is 94.2. The van der Waals surface area contributed by atoms with Crippen molar-refractivity contribution in [1.82, 2.24) is 24.4 Å². The van der Waals surface area contributed by atoms with Crippen molar-refractivity contribution in [2.75, 3.05) is 86.8 Å². The molecule has 0 saturated carbocycles. The number of nitriles is 1. The van der Waals surface area contributed by atoms with Gasteiger partial charge in [-0.25, -0.2) is 9.46 Å². The van der Waals surface area contributed by atoms with E-state index in [1.54, 1.807) is 14.2 Å². The molecule has 3 heterocycles. The average molecular weight is 1250 g/mol. The maximum absolute atomic E-state index is 14.8. The number of aryl methyl sites for hydroxylation is 1. The Morgan fingerprint density at radius 3 is 1.94 bits per heavy atom. The van der Waals surface area contributed by atoms with Crippen LogP contribution in [0.1, 0.15) is 90.3 Å². The normalized spacial score (nSPS) is 20.7. The van der Waals surface area contributed by atoms with E-state index >= 15 is 0 Å². The lowest BCUT2D eigenvalue weighted by Crippen LogP contribution is -2.66. The van der Waals surface area contributed by atoms with E-state index in [4.69, 9.17) is 61.2 Å². The van der Waals surface area contributed by atoms with Gasteiger partial charge in [0, 0.05) is 51.5 Å². The number of carbonyl (C=O) groups is 5. The van der Waals surface area contributed by atoms with Gasteiger partial charge in [0.15, 0.2) is 24.7 Å². The molecule has 2 fully saturated rings. The number of hydrogen-bond acceptors (Lipinski definition) is 22. The van der Waals surface area contributed by atoms with Crippen LogP contribution in [0.15, 0.2) is 94.6 Å². The number of aromatic nitrogens is 2. The molecular weight excluding hydrogens is 1170 g/mol. The summed E-state index contributed by atoms with van der Waals surface area (Å²) in [7, 11) is 1.21. The second-order valence-electron chi connectivity index (χ2n) is 21.4. The van der Waals surface area contributed by atoms with Crippen LogP contribution < -0.4 is 26.0 Å². The van der Waals surface area contributed by atoms with Gasteiger partial charge >= 0.3 is 23.6 Å². The lowest BCUT2D eigenvalue weighted by molar-refractivity contribution is -0.279. The summed E-state index contributed by atoms with van der Waals surface area (Å²) in [6.07, 6.45) is -4.94. The maximum atomic E-state index is 14.8. The molecule has 6 rings (SSSR count). The summed E-state index contributed by atoms with van der Waals surface area (Å²) in [5.74, 6) is -2.06. The summed E-state index contributed by atoms with van der Waals surface area (Å²) in [6, 6.07) is 25.2. The first-order valence-corrected chi connectivity index (χ1v) is 29.8. The molecule has 27 heteroatoms. The number of benzene rings is 3. The van der Waals surface area contributed by atoms with Crippen molar-refractivity contribution in [3.63, 3.8) is 0 Å². The van der Waals surface area contributed by atoms with Gasteiger partial charge in [-0.2, -0.15) is 5.26 Å². The number of nitrogens with zero attached hydrogens (tertiary/aromatic N) is 4. The molecule has 0 aliphatic carbocycles. The minimum atomic E-state index is -1.93. The Balaban J connectivity index is 1.31. The van der Waals surface area contributed by atoms with E-state index in [2.05, 4.69) is 16.4 Å². The number of amides is 2. The van der Waals surface area contributed by atoms with Crippen LogP contribution in [-0.2, 0) is 81.3 Å². The molecule has 3 aromatic carbocycles. The van der Waals surface area contributed by atoms with Gasteiger partial charge in [-0.1, -0.05) is 54.6 Å². The molecule has 26 nitrogen and oxygen atoms in total. The van der Waals surface area contributed by atoms with Gasteiger partial charge < -0.3 is 71.4 Å². The predicted molar refractivity (Wildman–Crippen MR) is 317 cm³/mol. The Hall–Kier alpha value is -7.15. The molecule has 1 unspecified atom stereocenters. The summed E-state index contributed by atoms with van der Waals surface area (Å²) in [5, 5.41) is 12.2. The lowest BCUT2D eigenvalue weighted by atomic mass is 9.79. The van der Waals surface area contributed by atoms with Gasteiger partial charge in [0.2, 0.25) is 11.8 Å². The molecule has 2 amide bonds. The second kappa shape index (κ2) is 33.4. The van der Waals surface area contributed by atoms with Gasteiger partial charge in [-0.3, -0.25) is 38.3 Å². The van der Waals surface area contributed by atoms with E-state index < -0.39 is 111 Å². The molecule has 8 atom stereocenters. The van der Waals surface area contributed by atoms with E-state index in [0.717, 1.165) is 13.8 Å². The molecule has 2 aliphatic heterocycles. The number of H-pyrrole nitrogens is 1. The Kier molecular flexibility index (Phi) is 26.6. The first-order valence-electron chi connectivity index (χ1n) is 28.7. The summed E-state index contributed by atoms with van der Waals surface area (Å²) in [6.45, 7) is 12.0. The van der Waals surface area contributed by atoms with Crippen molar-refractivity contribution < 1.29 is 85.1 Å². The number of methoxy groups -OCH3 is 2. The summed E-state index contributed by atoms with van der Waals surface area (Å²) >= 11 is 0. The van der Waals surface area contributed by atoms with Crippen LogP contribution in [0.3, 0.4) is 0 Å². The highest BCUT2D eigenvalue weighted by molar-refractivity contribution is 7.44. The van der Waals surface area contributed by atoms with Crippen molar-refractivity contribution >= 4 is 38.2 Å². The minimum absolute atomic E-state index is 0.0454. The highest BCUT2D eigenvalue weighted by Crippen LogP contribution is 2.49. The number of rotatable bonds is 32. The number of aromatic amines is 1. The second-order valence-corrected chi connectivity index (χ2v) is 22.8. The first-order chi connectivity index (χ1) is 42.0. The van der Waals surface area contributed by atoms with Crippen molar-refractivity contribution in [1.29, 1.82) is 5.26 Å². The monoisotopic (exact) mass is 1250 g/mol. The zero-order valence-electron chi connectivity index (χ0n) is 51.6. The third kappa shape index (κ3) is 18.9. The number of hydrogen-bond donors (Lipinski definition) is 2. The SMILES string of the molecule is COc1ccc(C(OC[C@]2(COP(OCCC#N)N(C(C)C)C(C)C)CN(C(=O)COCCOCCO[C@@H]3O[C@H](COC(C)=O)[C@H](OC(C)=O)[C@H](OC(C)=O)[C@H]3NC(C)=O)C[C@H](n3cc(C)c(=O)[nH]c3=O)O2)(c2ccccc2)c2ccc(OC)cc2)cc1. The molecule has 4 aromatic rings. The largest absolute Gasteiger partial charge is 0.497 e. The van der Waals surface area contributed by atoms with Crippen LogP contribution in [0.4, 0.5) is 0 Å². The van der Waals surface area contributed by atoms with Crippen molar-refractivity contribution in [2.45, 2.75) is 129 Å². The van der Waals surface area contributed by atoms with Crippen LogP contribution in [0.25, 0.3) is 0 Å². The predicted octanol–water partition coefficient (Wildman–Crippen LogP) is 4.97. The highest BCUT2D eigenvalue weighted by atomic mass is 31.2. The average Bonchev–Trinajstić information content (AvgIpc) is 0.890. The zero-order valence-corrected chi connectivity index (χ0v) is 52.5. The number of esters is 3. The molecule has 0 bridgehead atoms. The molecule has 2 aliphatic rings. The van der Waals surface area contributed by atoms with Gasteiger partial charge in [0.25, 0.3) is 14.1 Å². The minimum Gasteiger partial charge on any atom is -0.497 e. The van der Waals surface area contributed by atoms with Crippen LogP contribution in [0.2, 0.25) is 0 Å². The third-order valence-electron chi connectivity index (χ3n) is 14.1. The number of carbonyl (C=O) groups excluding carboxylic acids is 5. The zero-order chi connectivity index (χ0) is 64.1. The maximum Gasteiger partial charge on any atom is 0.330 e. The fourth-order valence-corrected chi connectivity index (χ4v) is 11.9. The van der Waals surface area contributed by atoms with Crippen LogP contribution in [-0.4, -0.2) is 184 Å². The molecule has 0 radical (unpaired) electrons. The van der Waals surface area contributed by atoms with Crippen LogP contribution >= 0.6 is 8.53 Å². The standard InChI is InChI=1S/C61H81N6O20P/c1-39(2)67(40(3)4)88(82-27-15-26-62)83-38-60(37-81-61(46-16-13-12-14-17-46,47-18-22-49(75-10)23-19-47)48-20-24-50(76-11)25-21-48)36-65(33-53(87-60)66-32-41(5)57(73)64-59(66)74)52(72)35-78-29-28-77-30-31-79-58-54(63-42(6)68)56(85-45(9)71)55(84-44(8)70)51(86-58)34-80-43(7)69/h12-14,16-25,32,39-40,51,53-56,58H,15,27-31,33-38H2,1-11H3,(H,63,68)(H,64,73,74)/t51-,53-,54-,55+,56-,58-,60+,88?/m1/s1. The molecular formula is C61H81N6O20P. The quantitative estimate of drug-likeness (QED) is 0.0214. The van der Waals surface area contributed by atoms with Crippen molar-refractivity contribution in [3.8, 4) is 17.6 Å². The van der Waals surface area contributed by atoms with E-state index in [0.29, 0.717) is 28.2 Å². The highest BCUT2D eigenvalue weighted by Gasteiger charge is 2.52. The molecule has 88 heavy (non-hydrogen) atoms. The molecule has 2 N–H and O–H groups in total. The van der Waals surface area contributed by atoms with Gasteiger partial charge in [0.05, 0.1) is 86.0 Å². The van der Waals surface area contributed by atoms with E-state index in [1.165, 1.54) is 36.4 Å². The van der Waals surface area contributed by atoms with Crippen molar-refractivity contribution in [2.24, 2.45) is 0 Å². The van der Waals surface area contributed by atoms with E-state index in [9.17, 15) is 38.8 Å². The van der Waals surface area contributed by atoms with Crippen molar-refractivity contribution in [3.05, 3.63) is 128 Å². The first kappa shape index (κ1) is 69.9. The van der Waals surface area contributed by atoms with Gasteiger partial charge in [-0.15, -0.1) is 0 Å². The molecule has 480 valence electrons. The molecule has 1 aromatic heterocycles. The summed E-state index contributed by atoms with van der Waals surface area (Å²) < 4.78 is 82.4. The number of nitrogens with one attached hydrogen (secondary N) is 2. The molecule has 2 saturated heterocycles. The lowest BCUT2D eigenvalue weighted by Gasteiger charge is -2.48. The van der Waals surface area contributed by atoms with E-state index in [1.807, 2.05) is 111 Å². The molecule has 0 spiro atoms. The number of morpholine rings is 1. The fraction of sp³-hybridized carbons (Fsp3) is 0.541. The summed E-state index contributed by atoms with van der Waals surface area (Å²) in [5.41, 5.74) is -2.21.